The molecule has 358 valence electrons. The van der Waals surface area contributed by atoms with E-state index < -0.39 is 8.01 Å². The summed E-state index contributed by atoms with van der Waals surface area (Å²) in [6, 6.07) is 35.3. The fraction of sp³-hybridized carbons (Fsp3) is 0.419. The van der Waals surface area contributed by atoms with Gasteiger partial charge in [0.1, 0.15) is 28.4 Å². The van der Waals surface area contributed by atoms with E-state index in [1.165, 1.54) is 22.3 Å². The lowest BCUT2D eigenvalue weighted by Gasteiger charge is -2.28. The quantitative estimate of drug-likeness (QED) is 0.172. The number of rotatable bonds is 7. The molecule has 1 heterocycles. The van der Waals surface area contributed by atoms with E-state index in [-0.39, 0.29) is 21.7 Å². The molecule has 5 nitrogen and oxygen atoms in total. The van der Waals surface area contributed by atoms with Crippen LogP contribution < -0.4 is 9.47 Å². The van der Waals surface area contributed by atoms with Gasteiger partial charge in [-0.1, -0.05) is 182 Å². The van der Waals surface area contributed by atoms with Gasteiger partial charge in [0.15, 0.2) is 0 Å². The third kappa shape index (κ3) is 10.3. The molecule has 0 aliphatic heterocycles. The van der Waals surface area contributed by atoms with Crippen LogP contribution >= 0.6 is 8.01 Å². The minimum absolute atomic E-state index is 0.136. The third-order valence-corrected chi connectivity index (χ3v) is 15.2. The zero-order chi connectivity index (χ0) is 48.9. The van der Waals surface area contributed by atoms with Gasteiger partial charge in [0.25, 0.3) is 8.01 Å². The van der Waals surface area contributed by atoms with Gasteiger partial charge < -0.3 is 23.0 Å². The van der Waals surface area contributed by atoms with Crippen molar-refractivity contribution in [2.45, 2.75) is 157 Å². The number of para-hydroxylation sites is 2. The highest BCUT2D eigenvalue weighted by atomic mass is 31.1. The van der Waals surface area contributed by atoms with E-state index in [1.807, 2.05) is 12.1 Å². The van der Waals surface area contributed by atoms with Crippen LogP contribution in [0.4, 0.5) is 0 Å². The Kier molecular flexibility index (Phi) is 13.6. The van der Waals surface area contributed by atoms with Gasteiger partial charge in [-0.15, -0.1) is 0 Å². The molecule has 1 N–H and O–H groups in total. The molecule has 6 aromatic carbocycles. The molecular formula is C62H75O5P. The fourth-order valence-corrected chi connectivity index (χ4v) is 11.1. The summed E-state index contributed by atoms with van der Waals surface area (Å²) in [5, 5.41) is 15.9. The van der Waals surface area contributed by atoms with Gasteiger partial charge in [-0.3, -0.25) is 0 Å². The molecule has 1 aliphatic carbocycles. The standard InChI is InChI=1S/C62H75O5P/c1-15-25-64-56-41-27-39-31-47(59(3,4)5)32-40(55(39)63)28-45-37-50(62(12,13)14)38-46(58(45)68-66-53-23-19-17-21-51(53)52-22-18-20-24-54(52)67-68)30-44-36-49(61(9,10)11)35-43(57(44)65-26-16-2)29-42(56)34-48(33-41)60(6,7)8/h17-24,31-38,63H,15-16,25-30H2,1-14H3. The highest BCUT2D eigenvalue weighted by Crippen LogP contribution is 2.51. The van der Waals surface area contributed by atoms with Gasteiger partial charge in [0.2, 0.25) is 0 Å². The summed E-state index contributed by atoms with van der Waals surface area (Å²) in [5.41, 5.74) is 14.3. The Bertz CT molecular complexity index is 2970. The third-order valence-electron chi connectivity index (χ3n) is 13.5. The first kappa shape index (κ1) is 49.1. The lowest BCUT2D eigenvalue weighted by molar-refractivity contribution is 0.308. The first-order valence-corrected chi connectivity index (χ1v) is 26.1. The Morgan fingerprint density at radius 1 is 0.441 bits per heavy atom. The van der Waals surface area contributed by atoms with E-state index in [0.717, 1.165) is 96.1 Å². The van der Waals surface area contributed by atoms with Crippen molar-refractivity contribution in [2.75, 3.05) is 13.2 Å². The average Bonchev–Trinajstić information content (AvgIpc) is 3.42. The van der Waals surface area contributed by atoms with E-state index in [4.69, 9.17) is 17.9 Å². The summed E-state index contributed by atoms with van der Waals surface area (Å²) >= 11 is 0. The predicted molar refractivity (Wildman–Crippen MR) is 286 cm³/mol. The van der Waals surface area contributed by atoms with E-state index in [9.17, 15) is 5.11 Å². The Hall–Kier alpha value is -5.38. The van der Waals surface area contributed by atoms with Crippen molar-refractivity contribution >= 4 is 30.0 Å². The highest BCUT2D eigenvalue weighted by Gasteiger charge is 2.30. The number of hydrogen-bond acceptors (Lipinski definition) is 5. The molecule has 1 aromatic heterocycles. The molecule has 0 unspecified atom stereocenters. The van der Waals surface area contributed by atoms with Crippen molar-refractivity contribution in [3.63, 3.8) is 0 Å². The lowest BCUT2D eigenvalue weighted by atomic mass is 9.79. The van der Waals surface area contributed by atoms with E-state index >= 15 is 0 Å². The highest BCUT2D eigenvalue weighted by molar-refractivity contribution is 7.45. The molecule has 8 rings (SSSR count). The molecule has 0 fully saturated rings. The van der Waals surface area contributed by atoms with Gasteiger partial charge in [-0.05, 0) is 113 Å². The number of fused-ring (bicyclic) bond motifs is 11. The maximum Gasteiger partial charge on any atom is 0.253 e. The minimum Gasteiger partial charge on any atom is -0.507 e. The van der Waals surface area contributed by atoms with Crippen LogP contribution in [-0.4, -0.2) is 18.3 Å². The number of phenolic OH excluding ortho intramolecular Hbond substituents is 1. The number of ether oxygens (including phenoxy) is 2. The molecule has 68 heavy (non-hydrogen) atoms. The Labute approximate surface area is 407 Å². The Balaban J connectivity index is 1.56. The topological polar surface area (TPSA) is 65.0 Å². The molecule has 0 atom stereocenters. The minimum atomic E-state index is -1.75. The molecule has 0 saturated heterocycles. The van der Waals surface area contributed by atoms with Crippen LogP contribution in [-0.2, 0) is 47.3 Å². The second kappa shape index (κ2) is 18.8. The molecule has 7 aromatic rings. The molecule has 0 spiro atoms. The van der Waals surface area contributed by atoms with E-state index in [1.54, 1.807) is 0 Å². The number of aromatic hydroxyl groups is 1. The maximum absolute atomic E-state index is 12.9. The van der Waals surface area contributed by atoms with Gasteiger partial charge in [-0.2, -0.15) is 0 Å². The monoisotopic (exact) mass is 931 g/mol. The van der Waals surface area contributed by atoms with Gasteiger partial charge in [0.05, 0.1) is 18.5 Å². The molecular weight excluding hydrogens is 856 g/mol. The van der Waals surface area contributed by atoms with Crippen molar-refractivity contribution in [2.24, 2.45) is 0 Å². The summed E-state index contributed by atoms with van der Waals surface area (Å²) in [4.78, 5) is 0. The van der Waals surface area contributed by atoms with Crippen LogP contribution in [0.25, 0.3) is 27.2 Å². The van der Waals surface area contributed by atoms with Crippen molar-refractivity contribution in [3.05, 3.63) is 164 Å². The molecule has 8 bridgehead atoms. The second-order valence-corrected chi connectivity index (χ2v) is 24.7. The zero-order valence-corrected chi connectivity index (χ0v) is 44.3. The van der Waals surface area contributed by atoms with Crippen LogP contribution in [0.3, 0.4) is 0 Å². The first-order valence-electron chi connectivity index (χ1n) is 25.0. The molecule has 1 aliphatic rings. The van der Waals surface area contributed by atoms with E-state index in [2.05, 4.69) is 182 Å². The zero-order valence-electron chi connectivity index (χ0n) is 43.4. The number of benzene rings is 6. The SMILES string of the molecule is CCCOc1c2cc(C(C)(C)C)cc1Cc1cc(C(C)(C)C)cc(c1OCCC)Cc1cc(C(C)(C)C)cc(c1-p1oc3ccccc3c3ccccc3o1)Cc1cc(C(C)(C)C)cc(c1O)C2. The smallest absolute Gasteiger partial charge is 0.253 e. The normalized spacial score (nSPS) is 13.5. The van der Waals surface area contributed by atoms with Crippen molar-refractivity contribution in [3.8, 4) is 22.6 Å². The molecule has 0 saturated carbocycles. The van der Waals surface area contributed by atoms with Crippen molar-refractivity contribution in [1.29, 1.82) is 0 Å². The van der Waals surface area contributed by atoms with Gasteiger partial charge >= 0.3 is 0 Å². The summed E-state index contributed by atoms with van der Waals surface area (Å²) in [7, 11) is -1.75. The van der Waals surface area contributed by atoms with Gasteiger partial charge in [0, 0.05) is 36.5 Å². The summed E-state index contributed by atoms with van der Waals surface area (Å²) in [6.45, 7) is 33.0. The van der Waals surface area contributed by atoms with Crippen LogP contribution in [0.5, 0.6) is 17.2 Å². The summed E-state index contributed by atoms with van der Waals surface area (Å²) < 4.78 is 28.5. The van der Waals surface area contributed by atoms with Crippen LogP contribution in [0.1, 0.15) is 177 Å². The summed E-state index contributed by atoms with van der Waals surface area (Å²) in [5.74, 6) is 2.17. The summed E-state index contributed by atoms with van der Waals surface area (Å²) in [6.07, 6.45) is 3.96. The van der Waals surface area contributed by atoms with Crippen molar-refractivity contribution in [1.82, 2.24) is 0 Å². The molecule has 0 amide bonds. The number of phenols is 1. The second-order valence-electron chi connectivity index (χ2n) is 23.4. The van der Waals surface area contributed by atoms with Crippen LogP contribution in [0, 0.1) is 0 Å². The molecule has 0 radical (unpaired) electrons. The van der Waals surface area contributed by atoms with Crippen molar-refractivity contribution < 1.29 is 23.0 Å². The van der Waals surface area contributed by atoms with Crippen LogP contribution in [0.2, 0.25) is 0 Å². The molecule has 6 heteroatoms. The lowest BCUT2D eigenvalue weighted by Crippen LogP contribution is -2.17. The fourth-order valence-electron chi connectivity index (χ4n) is 9.49. The van der Waals surface area contributed by atoms with E-state index in [0.29, 0.717) is 44.6 Å². The first-order chi connectivity index (χ1) is 32.0. The Morgan fingerprint density at radius 2 is 0.735 bits per heavy atom. The predicted octanol–water partition coefficient (Wildman–Crippen LogP) is 17.4. The van der Waals surface area contributed by atoms with Gasteiger partial charge in [-0.25, -0.2) is 0 Å². The maximum atomic E-state index is 12.9. The number of hydrogen-bond donors (Lipinski definition) is 1. The Morgan fingerprint density at radius 3 is 1.09 bits per heavy atom. The average molecular weight is 931 g/mol. The largest absolute Gasteiger partial charge is 0.507 e. The van der Waals surface area contributed by atoms with Crippen LogP contribution in [0.15, 0.2) is 105 Å².